The third-order valence-electron chi connectivity index (χ3n) is 1.87. The summed E-state index contributed by atoms with van der Waals surface area (Å²) in [5.41, 5.74) is 0. The van der Waals surface area contributed by atoms with Crippen molar-refractivity contribution in [1.82, 2.24) is 9.47 Å². The van der Waals surface area contributed by atoms with Crippen molar-refractivity contribution in [1.29, 1.82) is 0 Å². The Kier molecular flexibility index (Phi) is 4.46. The molecule has 0 bridgehead atoms. The molecule has 0 spiro atoms. The average Bonchev–Trinajstić information content (AvgIpc) is 1.96. The molecule has 0 saturated heterocycles. The van der Waals surface area contributed by atoms with Crippen LogP contribution < -0.4 is 0 Å². The molecular formula is C9H22N2OSi. The maximum absolute atomic E-state index is 11.8. The summed E-state index contributed by atoms with van der Waals surface area (Å²) in [7, 11) is 2.13. The fraction of sp³-hybridized carbons (Fsp3) is 0.889. The van der Waals surface area contributed by atoms with Crippen LogP contribution in [0.2, 0.25) is 19.6 Å². The van der Waals surface area contributed by atoms with Gasteiger partial charge in [-0.2, -0.15) is 0 Å². The quantitative estimate of drug-likeness (QED) is 0.644. The number of nitrogens with zero attached hydrogens (tertiary/aromatic N) is 2. The van der Waals surface area contributed by atoms with E-state index in [4.69, 9.17) is 0 Å². The van der Waals surface area contributed by atoms with Gasteiger partial charge in [0.1, 0.15) is 0 Å². The normalized spacial score (nSPS) is 11.2. The van der Waals surface area contributed by atoms with Crippen molar-refractivity contribution in [3.8, 4) is 0 Å². The highest BCUT2D eigenvalue weighted by Crippen LogP contribution is 2.11. The van der Waals surface area contributed by atoms with Gasteiger partial charge in [-0.3, -0.25) is 0 Å². The molecule has 3 nitrogen and oxygen atoms in total. The van der Waals surface area contributed by atoms with E-state index in [2.05, 4.69) is 26.6 Å². The minimum atomic E-state index is -1.49. The minimum Gasteiger partial charge on any atom is -0.352 e. The summed E-state index contributed by atoms with van der Waals surface area (Å²) in [5.74, 6) is 0. The van der Waals surface area contributed by atoms with E-state index in [0.717, 1.165) is 13.0 Å². The van der Waals surface area contributed by atoms with Crippen LogP contribution >= 0.6 is 0 Å². The predicted octanol–water partition coefficient (Wildman–Crippen LogP) is 2.21. The molecule has 0 aliphatic heterocycles. The van der Waals surface area contributed by atoms with Crippen LogP contribution in [-0.4, -0.2) is 44.4 Å². The van der Waals surface area contributed by atoms with E-state index in [9.17, 15) is 4.79 Å². The fourth-order valence-electron chi connectivity index (χ4n) is 1.18. The molecule has 0 saturated carbocycles. The number of rotatable bonds is 3. The molecule has 0 N–H and O–H groups in total. The Hall–Kier alpha value is -0.513. The van der Waals surface area contributed by atoms with E-state index < -0.39 is 8.24 Å². The zero-order valence-electron chi connectivity index (χ0n) is 9.72. The molecular weight excluding hydrogens is 180 g/mol. The monoisotopic (exact) mass is 202 g/mol. The van der Waals surface area contributed by atoms with Crippen LogP contribution in [0.5, 0.6) is 0 Å². The molecule has 0 aliphatic rings. The van der Waals surface area contributed by atoms with Crippen LogP contribution in [0.3, 0.4) is 0 Å². The van der Waals surface area contributed by atoms with Gasteiger partial charge < -0.3 is 9.47 Å². The van der Waals surface area contributed by atoms with Crippen molar-refractivity contribution in [3.63, 3.8) is 0 Å². The number of hydrogen-bond acceptors (Lipinski definition) is 1. The van der Waals surface area contributed by atoms with Crippen molar-refractivity contribution in [2.24, 2.45) is 0 Å². The lowest BCUT2D eigenvalue weighted by atomic mass is 10.5. The van der Waals surface area contributed by atoms with Gasteiger partial charge in [-0.05, 0) is 6.42 Å². The largest absolute Gasteiger partial charge is 0.352 e. The Morgan fingerprint density at radius 3 is 1.92 bits per heavy atom. The Labute approximate surface area is 82.8 Å². The van der Waals surface area contributed by atoms with E-state index >= 15 is 0 Å². The van der Waals surface area contributed by atoms with Gasteiger partial charge in [0, 0.05) is 20.6 Å². The Morgan fingerprint density at radius 2 is 1.69 bits per heavy atom. The highest BCUT2D eigenvalue weighted by molar-refractivity contribution is 6.75. The van der Waals surface area contributed by atoms with Crippen LogP contribution in [0.25, 0.3) is 0 Å². The molecule has 4 heteroatoms. The van der Waals surface area contributed by atoms with Crippen molar-refractivity contribution in [3.05, 3.63) is 0 Å². The second kappa shape index (κ2) is 4.65. The van der Waals surface area contributed by atoms with Gasteiger partial charge in [0.15, 0.2) is 8.24 Å². The van der Waals surface area contributed by atoms with Gasteiger partial charge in [-0.15, -0.1) is 0 Å². The highest BCUT2D eigenvalue weighted by atomic mass is 28.3. The van der Waals surface area contributed by atoms with E-state index in [1.54, 1.807) is 4.90 Å². The second-order valence-corrected chi connectivity index (χ2v) is 9.38. The van der Waals surface area contributed by atoms with Crippen molar-refractivity contribution < 1.29 is 4.79 Å². The van der Waals surface area contributed by atoms with E-state index in [0.29, 0.717) is 0 Å². The molecule has 2 amide bonds. The first-order valence-corrected chi connectivity index (χ1v) is 8.24. The zero-order chi connectivity index (χ0) is 10.6. The first-order chi connectivity index (χ1) is 5.80. The van der Waals surface area contributed by atoms with E-state index in [-0.39, 0.29) is 6.03 Å². The summed E-state index contributed by atoms with van der Waals surface area (Å²) in [4.78, 5) is 13.4. The molecule has 0 unspecified atom stereocenters. The smallest absolute Gasteiger partial charge is 0.311 e. The van der Waals surface area contributed by atoms with Gasteiger partial charge in [0.25, 0.3) is 0 Å². The zero-order valence-corrected chi connectivity index (χ0v) is 10.7. The molecule has 0 rings (SSSR count). The number of urea groups is 1. The van der Waals surface area contributed by atoms with Crippen LogP contribution in [0.4, 0.5) is 4.79 Å². The Balaban J connectivity index is 4.52. The van der Waals surface area contributed by atoms with Gasteiger partial charge in [0.2, 0.25) is 0 Å². The topological polar surface area (TPSA) is 23.6 Å². The van der Waals surface area contributed by atoms with Crippen LogP contribution in [0.15, 0.2) is 0 Å². The van der Waals surface area contributed by atoms with Crippen molar-refractivity contribution in [2.75, 3.05) is 20.6 Å². The van der Waals surface area contributed by atoms with Gasteiger partial charge in [-0.1, -0.05) is 26.6 Å². The molecule has 0 aromatic carbocycles. The Bertz CT molecular complexity index is 175. The third-order valence-corrected chi connectivity index (χ3v) is 3.90. The standard InChI is InChI=1S/C9H22N2OSi/c1-7-8-11(13(4,5)6)9(12)10(2)3/h7-8H2,1-6H3. The predicted molar refractivity (Wildman–Crippen MR) is 59.4 cm³/mol. The molecule has 0 fully saturated rings. The molecule has 0 aromatic heterocycles. The minimum absolute atomic E-state index is 0.154. The number of amides is 2. The molecule has 0 atom stereocenters. The summed E-state index contributed by atoms with van der Waals surface area (Å²) in [6.45, 7) is 9.58. The third kappa shape index (κ3) is 3.80. The SMILES string of the molecule is CCCN(C(=O)N(C)C)[Si](C)(C)C. The highest BCUT2D eigenvalue weighted by Gasteiger charge is 2.28. The van der Waals surface area contributed by atoms with E-state index in [1.807, 2.05) is 18.7 Å². The molecule has 0 aromatic rings. The van der Waals surface area contributed by atoms with Gasteiger partial charge in [-0.25, -0.2) is 4.79 Å². The molecule has 0 radical (unpaired) electrons. The average molecular weight is 202 g/mol. The first-order valence-electron chi connectivity index (χ1n) is 4.79. The summed E-state index contributed by atoms with van der Waals surface area (Å²) in [6.07, 6.45) is 1.03. The van der Waals surface area contributed by atoms with Gasteiger partial charge >= 0.3 is 6.03 Å². The number of carbonyl (C=O) groups excluding carboxylic acids is 1. The molecule has 0 aliphatic carbocycles. The van der Waals surface area contributed by atoms with Crippen LogP contribution in [-0.2, 0) is 0 Å². The summed E-state index contributed by atoms with van der Waals surface area (Å²) in [6, 6.07) is 0.154. The lowest BCUT2D eigenvalue weighted by molar-refractivity contribution is 0.195. The second-order valence-electron chi connectivity index (χ2n) is 4.50. The first kappa shape index (κ1) is 12.5. The summed E-state index contributed by atoms with van der Waals surface area (Å²) in [5, 5.41) is 0. The van der Waals surface area contributed by atoms with Crippen LogP contribution in [0, 0.1) is 0 Å². The lowest BCUT2D eigenvalue weighted by Gasteiger charge is -2.35. The van der Waals surface area contributed by atoms with Crippen molar-refractivity contribution >= 4 is 14.3 Å². The number of hydrogen-bond donors (Lipinski definition) is 0. The lowest BCUT2D eigenvalue weighted by Crippen LogP contribution is -2.53. The maximum Gasteiger partial charge on any atom is 0.311 e. The molecule has 78 valence electrons. The summed E-state index contributed by atoms with van der Waals surface area (Å²) >= 11 is 0. The fourth-order valence-corrected chi connectivity index (χ4v) is 2.85. The number of carbonyl (C=O) groups is 1. The van der Waals surface area contributed by atoms with Gasteiger partial charge in [0.05, 0.1) is 0 Å². The maximum atomic E-state index is 11.8. The van der Waals surface area contributed by atoms with Crippen molar-refractivity contribution in [2.45, 2.75) is 33.0 Å². The molecule has 13 heavy (non-hydrogen) atoms. The van der Waals surface area contributed by atoms with E-state index in [1.165, 1.54) is 0 Å². The molecule has 0 heterocycles. The Morgan fingerprint density at radius 1 is 1.23 bits per heavy atom. The van der Waals surface area contributed by atoms with Crippen LogP contribution in [0.1, 0.15) is 13.3 Å². The summed E-state index contributed by atoms with van der Waals surface area (Å²) < 4.78 is 2.03.